The zero-order chi connectivity index (χ0) is 13.8. The van der Waals surface area contributed by atoms with Gasteiger partial charge in [-0.25, -0.2) is 0 Å². The number of carbonyl (C=O) groups excluding carboxylic acids is 1. The van der Waals surface area contributed by atoms with E-state index in [2.05, 4.69) is 4.98 Å². The van der Waals surface area contributed by atoms with Crippen molar-refractivity contribution in [3.63, 3.8) is 0 Å². The average molecular weight is 292 g/mol. The van der Waals surface area contributed by atoms with E-state index in [9.17, 15) is 9.59 Å². The number of benzene rings is 1. The van der Waals surface area contributed by atoms with Gasteiger partial charge < -0.3 is 5.11 Å². The predicted molar refractivity (Wildman–Crippen MR) is 77.4 cm³/mol. The van der Waals surface area contributed by atoms with Crippen molar-refractivity contribution >= 4 is 24.2 Å². The fourth-order valence-corrected chi connectivity index (χ4v) is 1.73. The van der Waals surface area contributed by atoms with Crippen LogP contribution in [0.25, 0.3) is 0 Å². The van der Waals surface area contributed by atoms with E-state index in [-0.39, 0.29) is 18.2 Å². The Morgan fingerprint density at radius 2 is 1.75 bits per heavy atom. The normalized spacial score (nSPS) is 11.2. The van der Waals surface area contributed by atoms with Crippen molar-refractivity contribution in [3.05, 3.63) is 65.5 Å². The maximum absolute atomic E-state index is 12.1. The smallest absolute Gasteiger partial charge is 0.310 e. The van der Waals surface area contributed by atoms with Gasteiger partial charge in [0.15, 0.2) is 5.78 Å². The lowest BCUT2D eigenvalue weighted by Crippen LogP contribution is -2.08. The third-order valence-corrected chi connectivity index (χ3v) is 2.97. The molecule has 0 bridgehead atoms. The van der Waals surface area contributed by atoms with E-state index < -0.39 is 11.9 Å². The number of carboxylic acid groups (broad SMARTS) is 1. The van der Waals surface area contributed by atoms with E-state index in [4.69, 9.17) is 5.11 Å². The summed E-state index contributed by atoms with van der Waals surface area (Å²) in [5, 5.41) is 8.92. The molecule has 1 aromatic carbocycles. The molecule has 0 fully saturated rings. The summed E-state index contributed by atoms with van der Waals surface area (Å²) in [7, 11) is 0. The van der Waals surface area contributed by atoms with Gasteiger partial charge in [0.05, 0.1) is 5.92 Å². The number of aromatic nitrogens is 1. The molecule has 20 heavy (non-hydrogen) atoms. The van der Waals surface area contributed by atoms with Crippen molar-refractivity contribution in [2.75, 3.05) is 0 Å². The molecule has 0 amide bonds. The maximum atomic E-state index is 12.1. The van der Waals surface area contributed by atoms with E-state index in [1.54, 1.807) is 49.5 Å². The van der Waals surface area contributed by atoms with Crippen molar-refractivity contribution in [1.29, 1.82) is 0 Å². The van der Waals surface area contributed by atoms with Gasteiger partial charge in [0.1, 0.15) is 0 Å². The van der Waals surface area contributed by atoms with Crippen LogP contribution in [0.5, 0.6) is 0 Å². The average Bonchev–Trinajstić information content (AvgIpc) is 2.46. The fourth-order valence-electron chi connectivity index (χ4n) is 1.73. The first kappa shape index (κ1) is 15.9. The van der Waals surface area contributed by atoms with Crippen molar-refractivity contribution in [2.24, 2.45) is 0 Å². The summed E-state index contributed by atoms with van der Waals surface area (Å²) < 4.78 is 0. The summed E-state index contributed by atoms with van der Waals surface area (Å²) >= 11 is 0. The van der Waals surface area contributed by atoms with Crippen molar-refractivity contribution in [3.8, 4) is 0 Å². The number of hydrogen-bond acceptors (Lipinski definition) is 3. The molecule has 0 radical (unpaired) electrons. The molecule has 104 valence electrons. The van der Waals surface area contributed by atoms with E-state index in [0.29, 0.717) is 16.7 Å². The monoisotopic (exact) mass is 291 g/mol. The SMILES string of the molecule is C[C@H](C(=O)O)c1ccc(C(=O)c2cccnc2)cc1.Cl. The Morgan fingerprint density at radius 1 is 1.10 bits per heavy atom. The summed E-state index contributed by atoms with van der Waals surface area (Å²) in [6.07, 6.45) is 3.12. The molecule has 0 saturated carbocycles. The minimum absolute atomic E-state index is 0. The van der Waals surface area contributed by atoms with Crippen LogP contribution in [-0.4, -0.2) is 21.8 Å². The van der Waals surface area contributed by atoms with Gasteiger partial charge in [0, 0.05) is 23.5 Å². The van der Waals surface area contributed by atoms with E-state index >= 15 is 0 Å². The first-order valence-electron chi connectivity index (χ1n) is 5.87. The van der Waals surface area contributed by atoms with Crippen LogP contribution in [0.2, 0.25) is 0 Å². The number of halogens is 1. The molecular weight excluding hydrogens is 278 g/mol. The van der Waals surface area contributed by atoms with Gasteiger partial charge in [0.25, 0.3) is 0 Å². The van der Waals surface area contributed by atoms with Crippen LogP contribution in [-0.2, 0) is 4.79 Å². The van der Waals surface area contributed by atoms with Gasteiger partial charge in [0.2, 0.25) is 0 Å². The lowest BCUT2D eigenvalue weighted by atomic mass is 9.97. The number of pyridine rings is 1. The van der Waals surface area contributed by atoms with Gasteiger partial charge in [-0.15, -0.1) is 12.4 Å². The second-order valence-electron chi connectivity index (χ2n) is 4.25. The molecule has 0 spiro atoms. The molecule has 1 heterocycles. The third-order valence-electron chi connectivity index (χ3n) is 2.97. The van der Waals surface area contributed by atoms with Crippen LogP contribution in [0, 0.1) is 0 Å². The summed E-state index contributed by atoms with van der Waals surface area (Å²) in [5.74, 6) is -1.59. The molecule has 1 aromatic heterocycles. The van der Waals surface area contributed by atoms with Crippen LogP contribution >= 0.6 is 12.4 Å². The molecule has 4 nitrogen and oxygen atoms in total. The molecule has 0 aliphatic heterocycles. The number of nitrogens with zero attached hydrogens (tertiary/aromatic N) is 1. The summed E-state index contributed by atoms with van der Waals surface area (Å²) in [5.41, 5.74) is 1.71. The Morgan fingerprint density at radius 3 is 2.25 bits per heavy atom. The topological polar surface area (TPSA) is 67.3 Å². The first-order valence-corrected chi connectivity index (χ1v) is 5.87. The number of carboxylic acids is 1. The highest BCUT2D eigenvalue weighted by molar-refractivity contribution is 6.08. The Hall–Kier alpha value is -2.20. The zero-order valence-electron chi connectivity index (χ0n) is 10.8. The lowest BCUT2D eigenvalue weighted by molar-refractivity contribution is -0.138. The standard InChI is InChI=1S/C15H13NO3.ClH/c1-10(15(18)19)11-4-6-12(7-5-11)14(17)13-3-2-8-16-9-13;/h2-10H,1H3,(H,18,19);1H/t10-;/m0./s1. The van der Waals surface area contributed by atoms with Crippen LogP contribution < -0.4 is 0 Å². The molecule has 1 N–H and O–H groups in total. The fraction of sp³-hybridized carbons (Fsp3) is 0.133. The minimum Gasteiger partial charge on any atom is -0.481 e. The van der Waals surface area contributed by atoms with Gasteiger partial charge >= 0.3 is 5.97 Å². The van der Waals surface area contributed by atoms with Gasteiger partial charge in [-0.3, -0.25) is 14.6 Å². The highest BCUT2D eigenvalue weighted by Crippen LogP contribution is 2.17. The lowest BCUT2D eigenvalue weighted by Gasteiger charge is -2.07. The maximum Gasteiger partial charge on any atom is 0.310 e. The number of carbonyl (C=O) groups is 2. The van der Waals surface area contributed by atoms with Crippen LogP contribution in [0.4, 0.5) is 0 Å². The molecule has 0 unspecified atom stereocenters. The molecule has 2 rings (SSSR count). The first-order chi connectivity index (χ1) is 9.09. The highest BCUT2D eigenvalue weighted by atomic mass is 35.5. The highest BCUT2D eigenvalue weighted by Gasteiger charge is 2.14. The molecule has 0 aliphatic rings. The molecule has 0 aliphatic carbocycles. The van der Waals surface area contributed by atoms with Crippen molar-refractivity contribution in [2.45, 2.75) is 12.8 Å². The number of ketones is 1. The van der Waals surface area contributed by atoms with E-state index in [1.165, 1.54) is 6.20 Å². The zero-order valence-corrected chi connectivity index (χ0v) is 11.6. The van der Waals surface area contributed by atoms with Gasteiger partial charge in [-0.2, -0.15) is 0 Å². The second kappa shape index (κ2) is 6.82. The Kier molecular flexibility index (Phi) is 5.41. The van der Waals surface area contributed by atoms with Gasteiger partial charge in [-0.05, 0) is 24.6 Å². The van der Waals surface area contributed by atoms with Crippen LogP contribution in [0.1, 0.15) is 34.3 Å². The van der Waals surface area contributed by atoms with Gasteiger partial charge in [-0.1, -0.05) is 24.3 Å². The Balaban J connectivity index is 0.00000200. The molecule has 2 aromatic rings. The largest absolute Gasteiger partial charge is 0.481 e. The molecular formula is C15H14ClNO3. The molecule has 5 heteroatoms. The summed E-state index contributed by atoms with van der Waals surface area (Å²) in [4.78, 5) is 26.9. The van der Waals surface area contributed by atoms with Crippen LogP contribution in [0.15, 0.2) is 48.8 Å². The number of aliphatic carboxylic acids is 1. The quantitative estimate of drug-likeness (QED) is 0.880. The predicted octanol–water partition coefficient (Wildman–Crippen LogP) is 2.92. The molecule has 0 saturated heterocycles. The Bertz CT molecular complexity index is 596. The molecule has 1 atom stereocenters. The van der Waals surface area contributed by atoms with Crippen molar-refractivity contribution in [1.82, 2.24) is 4.98 Å². The summed E-state index contributed by atoms with van der Waals surface area (Å²) in [6, 6.07) is 10.0. The number of rotatable bonds is 4. The third kappa shape index (κ3) is 3.42. The van der Waals surface area contributed by atoms with Crippen molar-refractivity contribution < 1.29 is 14.7 Å². The van der Waals surface area contributed by atoms with Crippen LogP contribution in [0.3, 0.4) is 0 Å². The number of hydrogen-bond donors (Lipinski definition) is 1. The van der Waals surface area contributed by atoms with E-state index in [0.717, 1.165) is 0 Å². The van der Waals surface area contributed by atoms with E-state index in [1.807, 2.05) is 0 Å². The summed E-state index contributed by atoms with van der Waals surface area (Å²) in [6.45, 7) is 1.61. The minimum atomic E-state index is -0.883. The second-order valence-corrected chi connectivity index (χ2v) is 4.25. The Labute approximate surface area is 122 Å².